The van der Waals surface area contributed by atoms with Gasteiger partial charge in [-0.2, -0.15) is 0 Å². The van der Waals surface area contributed by atoms with Crippen LogP contribution in [-0.4, -0.2) is 51.7 Å². The summed E-state index contributed by atoms with van der Waals surface area (Å²) in [4.78, 5) is 38.3. The van der Waals surface area contributed by atoms with Gasteiger partial charge in [0.1, 0.15) is 11.4 Å². The molecular weight excluding hydrogens is 308 g/mol. The van der Waals surface area contributed by atoms with Gasteiger partial charge in [0.05, 0.1) is 17.3 Å². The summed E-state index contributed by atoms with van der Waals surface area (Å²) in [6.45, 7) is 8.51. The first-order chi connectivity index (χ1) is 9.90. The molecule has 2 N–H and O–H groups in total. The molecule has 0 spiro atoms. The first-order valence-electron chi connectivity index (χ1n) is 6.98. The van der Waals surface area contributed by atoms with Crippen LogP contribution in [0.15, 0.2) is 0 Å². The minimum absolute atomic E-state index is 0.408. The van der Waals surface area contributed by atoms with E-state index in [1.165, 1.54) is 23.8 Å². The van der Waals surface area contributed by atoms with Crippen molar-refractivity contribution in [3.63, 3.8) is 0 Å². The third-order valence-corrected chi connectivity index (χ3v) is 5.58. The molecule has 3 atom stereocenters. The van der Waals surface area contributed by atoms with Gasteiger partial charge in [-0.3, -0.25) is 14.5 Å². The standard InChI is InChI=1S/C14H22N2O5S/c1-12(2,3)10(18)21-14(11(19)20-6)13(4,5)22-9-7(15)8(17)16(9)14/h7,9H,15H2,1-6H3. The molecule has 1 amide bonds. The lowest BCUT2D eigenvalue weighted by molar-refractivity contribution is -0.224. The molecule has 2 aliphatic heterocycles. The number of nitrogens with two attached hydrogens (primary N) is 1. The molecule has 3 unspecified atom stereocenters. The smallest absolute Gasteiger partial charge is 0.374 e. The summed E-state index contributed by atoms with van der Waals surface area (Å²) in [5.41, 5.74) is 3.18. The number of hydrogen-bond donors (Lipinski definition) is 1. The number of carbonyl (C=O) groups is 3. The van der Waals surface area contributed by atoms with Crippen molar-refractivity contribution in [2.75, 3.05) is 7.11 Å². The zero-order chi connectivity index (χ0) is 17.1. The molecule has 2 aliphatic rings. The first-order valence-corrected chi connectivity index (χ1v) is 7.86. The maximum atomic E-state index is 12.5. The number of thioether (sulfide) groups is 1. The van der Waals surface area contributed by atoms with Gasteiger partial charge in [0.15, 0.2) is 0 Å². The number of rotatable bonds is 2. The second kappa shape index (κ2) is 4.86. The Morgan fingerprint density at radius 3 is 2.32 bits per heavy atom. The number of ether oxygens (including phenoxy) is 2. The third kappa shape index (κ3) is 2.04. The van der Waals surface area contributed by atoms with Crippen molar-refractivity contribution in [3.8, 4) is 0 Å². The molecule has 0 aromatic rings. The highest BCUT2D eigenvalue weighted by Gasteiger charge is 2.75. The van der Waals surface area contributed by atoms with Gasteiger partial charge in [-0.15, -0.1) is 11.8 Å². The van der Waals surface area contributed by atoms with Crippen molar-refractivity contribution in [2.45, 2.75) is 56.5 Å². The molecule has 0 aliphatic carbocycles. The van der Waals surface area contributed by atoms with Gasteiger partial charge in [0.2, 0.25) is 5.91 Å². The van der Waals surface area contributed by atoms with Crippen molar-refractivity contribution in [2.24, 2.45) is 11.1 Å². The summed E-state index contributed by atoms with van der Waals surface area (Å²) in [5.74, 6) is -1.78. The normalized spacial score (nSPS) is 33.0. The Labute approximate surface area is 133 Å². The monoisotopic (exact) mass is 330 g/mol. The van der Waals surface area contributed by atoms with E-state index in [2.05, 4.69) is 0 Å². The molecule has 7 nitrogen and oxygen atoms in total. The van der Waals surface area contributed by atoms with Crippen LogP contribution in [0.2, 0.25) is 0 Å². The zero-order valence-corrected chi connectivity index (χ0v) is 14.4. The zero-order valence-electron chi connectivity index (χ0n) is 13.6. The van der Waals surface area contributed by atoms with E-state index in [1.807, 2.05) is 0 Å². The van der Waals surface area contributed by atoms with Gasteiger partial charge < -0.3 is 15.2 Å². The number of nitrogens with zero attached hydrogens (tertiary/aromatic N) is 1. The van der Waals surface area contributed by atoms with Crippen LogP contribution in [0.1, 0.15) is 34.6 Å². The molecule has 124 valence electrons. The Balaban J connectivity index is 2.52. The molecule has 2 heterocycles. The quantitative estimate of drug-likeness (QED) is 0.580. The summed E-state index contributed by atoms with van der Waals surface area (Å²) in [6.07, 6.45) is 0. The molecule has 0 bridgehead atoms. The van der Waals surface area contributed by atoms with E-state index in [1.54, 1.807) is 34.6 Å². The van der Waals surface area contributed by atoms with E-state index in [-0.39, 0.29) is 0 Å². The summed E-state index contributed by atoms with van der Waals surface area (Å²) in [7, 11) is 1.20. The molecule has 2 fully saturated rings. The minimum atomic E-state index is -1.80. The minimum Gasteiger partial charge on any atom is -0.465 e. The van der Waals surface area contributed by atoms with Crippen LogP contribution in [0.5, 0.6) is 0 Å². The molecule has 2 saturated heterocycles. The van der Waals surface area contributed by atoms with Crippen LogP contribution in [0.25, 0.3) is 0 Å². The SMILES string of the molecule is COC(=O)C1(OC(=O)C(C)(C)C)N2C(=O)C(N)C2SC1(C)C. The number of carbonyl (C=O) groups excluding carboxylic acids is 3. The molecule has 2 rings (SSSR count). The lowest BCUT2D eigenvalue weighted by Gasteiger charge is -2.48. The molecular formula is C14H22N2O5S. The van der Waals surface area contributed by atoms with Gasteiger partial charge in [0, 0.05) is 0 Å². The fraction of sp³-hybridized carbons (Fsp3) is 0.786. The second-order valence-corrected chi connectivity index (χ2v) is 8.77. The largest absolute Gasteiger partial charge is 0.465 e. The predicted octanol–water partition coefficient (Wildman–Crippen LogP) is 0.466. The van der Waals surface area contributed by atoms with Crippen LogP contribution in [0.4, 0.5) is 0 Å². The summed E-state index contributed by atoms with van der Waals surface area (Å²) in [5, 5.41) is -0.408. The van der Waals surface area contributed by atoms with Gasteiger partial charge >= 0.3 is 17.7 Å². The second-order valence-electron chi connectivity index (χ2n) is 7.03. The topological polar surface area (TPSA) is 98.9 Å². The van der Waals surface area contributed by atoms with Crippen LogP contribution in [-0.2, 0) is 23.9 Å². The third-order valence-electron chi connectivity index (χ3n) is 3.97. The Bertz CT molecular complexity index is 542. The predicted molar refractivity (Wildman–Crippen MR) is 80.6 cm³/mol. The Morgan fingerprint density at radius 2 is 1.86 bits per heavy atom. The van der Waals surface area contributed by atoms with E-state index in [0.717, 1.165) is 0 Å². The molecule has 8 heteroatoms. The van der Waals surface area contributed by atoms with E-state index >= 15 is 0 Å². The van der Waals surface area contributed by atoms with Crippen LogP contribution in [0.3, 0.4) is 0 Å². The lowest BCUT2D eigenvalue weighted by Crippen LogP contribution is -2.76. The molecule has 0 radical (unpaired) electrons. The van der Waals surface area contributed by atoms with E-state index in [4.69, 9.17) is 15.2 Å². The van der Waals surface area contributed by atoms with Crippen LogP contribution < -0.4 is 5.73 Å². The Hall–Kier alpha value is -1.28. The number of hydrogen-bond acceptors (Lipinski definition) is 7. The summed E-state index contributed by atoms with van der Waals surface area (Å²) in [6, 6.07) is -0.704. The molecule has 22 heavy (non-hydrogen) atoms. The van der Waals surface area contributed by atoms with Crippen molar-refractivity contribution in [1.82, 2.24) is 4.90 Å². The summed E-state index contributed by atoms with van der Waals surface area (Å²) >= 11 is 1.33. The highest BCUT2D eigenvalue weighted by molar-refractivity contribution is 8.01. The van der Waals surface area contributed by atoms with Crippen LogP contribution >= 0.6 is 11.8 Å². The van der Waals surface area contributed by atoms with Crippen LogP contribution in [0, 0.1) is 5.41 Å². The van der Waals surface area contributed by atoms with E-state index in [9.17, 15) is 14.4 Å². The maximum Gasteiger partial charge on any atom is 0.374 e. The highest BCUT2D eigenvalue weighted by Crippen LogP contribution is 2.57. The van der Waals surface area contributed by atoms with Gasteiger partial charge in [0.25, 0.3) is 0 Å². The molecule has 0 aromatic heterocycles. The van der Waals surface area contributed by atoms with E-state index < -0.39 is 45.1 Å². The number of β-lactam (4-membered cyclic amide) rings is 1. The average Bonchev–Trinajstić information content (AvgIpc) is 2.63. The van der Waals surface area contributed by atoms with Gasteiger partial charge in [-0.25, -0.2) is 4.79 Å². The first kappa shape index (κ1) is 17.1. The number of fused-ring (bicyclic) bond motifs is 1. The van der Waals surface area contributed by atoms with Gasteiger partial charge in [-0.1, -0.05) is 0 Å². The van der Waals surface area contributed by atoms with Crippen molar-refractivity contribution in [1.29, 1.82) is 0 Å². The van der Waals surface area contributed by atoms with Gasteiger partial charge in [-0.05, 0) is 34.6 Å². The molecule has 0 aromatic carbocycles. The average molecular weight is 330 g/mol. The van der Waals surface area contributed by atoms with Crippen molar-refractivity contribution >= 4 is 29.6 Å². The van der Waals surface area contributed by atoms with Crippen molar-refractivity contribution in [3.05, 3.63) is 0 Å². The molecule has 0 saturated carbocycles. The summed E-state index contributed by atoms with van der Waals surface area (Å²) < 4.78 is 9.58. The van der Waals surface area contributed by atoms with Crippen molar-refractivity contribution < 1.29 is 23.9 Å². The Kier molecular flexibility index (Phi) is 3.77. The lowest BCUT2D eigenvalue weighted by atomic mass is 9.90. The highest BCUT2D eigenvalue weighted by atomic mass is 32.2. The number of amides is 1. The fourth-order valence-electron chi connectivity index (χ4n) is 2.60. The van der Waals surface area contributed by atoms with E-state index in [0.29, 0.717) is 0 Å². The maximum absolute atomic E-state index is 12.5. The number of esters is 2. The fourth-order valence-corrected chi connectivity index (χ4v) is 4.21. The number of methoxy groups -OCH3 is 1. The Morgan fingerprint density at radius 1 is 1.32 bits per heavy atom.